The molecule has 0 saturated heterocycles. The number of aromatic nitrogens is 1. The predicted octanol–water partition coefficient (Wildman–Crippen LogP) is 2.12. The first kappa shape index (κ1) is 12.5. The van der Waals surface area contributed by atoms with E-state index in [-0.39, 0.29) is 0 Å². The van der Waals surface area contributed by atoms with E-state index in [1.807, 2.05) is 13.1 Å². The number of hydrogen-bond donors (Lipinski definition) is 1. The normalized spacial score (nSPS) is 17.4. The minimum Gasteiger partial charge on any atom is -0.329 e. The van der Waals surface area contributed by atoms with E-state index in [0.717, 1.165) is 18.2 Å². The molecule has 3 heteroatoms. The summed E-state index contributed by atoms with van der Waals surface area (Å²) < 4.78 is 0. The molecular weight excluding hydrogens is 210 g/mol. The number of likely N-dealkylation sites (N-methyl/N-ethyl adjacent to an activating group) is 1. The Morgan fingerprint density at radius 2 is 2.24 bits per heavy atom. The Bertz CT molecular complexity index is 343. The minimum absolute atomic E-state index is 0.327. The van der Waals surface area contributed by atoms with Crippen molar-refractivity contribution in [3.05, 3.63) is 29.6 Å². The third-order valence-electron chi connectivity index (χ3n) is 3.58. The Morgan fingerprint density at radius 1 is 1.47 bits per heavy atom. The maximum Gasteiger partial charge on any atom is 0.0485 e. The molecule has 0 spiro atoms. The standard InChI is InChI=1S/C14H23N3/c1-3-17(10-12-5-6-12)14(8-15)13-7-4-11(2)16-9-13/h4,7,9,12,14H,3,5-6,8,10,15H2,1-2H3. The number of nitrogens with zero attached hydrogens (tertiary/aromatic N) is 2. The van der Waals surface area contributed by atoms with Gasteiger partial charge in [-0.05, 0) is 43.9 Å². The van der Waals surface area contributed by atoms with Crippen LogP contribution in [0.5, 0.6) is 0 Å². The summed E-state index contributed by atoms with van der Waals surface area (Å²) in [5.74, 6) is 0.905. The van der Waals surface area contributed by atoms with Crippen LogP contribution in [0.1, 0.15) is 37.1 Å². The van der Waals surface area contributed by atoms with Gasteiger partial charge in [-0.1, -0.05) is 13.0 Å². The van der Waals surface area contributed by atoms with Crippen LogP contribution in [0.3, 0.4) is 0 Å². The van der Waals surface area contributed by atoms with Gasteiger partial charge in [0.15, 0.2) is 0 Å². The average Bonchev–Trinajstić information content (AvgIpc) is 3.15. The molecule has 2 rings (SSSR count). The first-order chi connectivity index (χ1) is 8.24. The topological polar surface area (TPSA) is 42.1 Å². The molecule has 2 N–H and O–H groups in total. The second kappa shape index (κ2) is 5.61. The quantitative estimate of drug-likeness (QED) is 0.818. The Kier molecular flexibility index (Phi) is 4.13. The molecule has 1 atom stereocenters. The molecule has 1 aromatic rings. The minimum atomic E-state index is 0.327. The van der Waals surface area contributed by atoms with Gasteiger partial charge in [0.05, 0.1) is 0 Å². The summed E-state index contributed by atoms with van der Waals surface area (Å²) >= 11 is 0. The Labute approximate surface area is 104 Å². The highest BCUT2D eigenvalue weighted by Gasteiger charge is 2.27. The van der Waals surface area contributed by atoms with Crippen molar-refractivity contribution >= 4 is 0 Å². The summed E-state index contributed by atoms with van der Waals surface area (Å²) in [6.07, 6.45) is 4.75. The van der Waals surface area contributed by atoms with Crippen LogP contribution >= 0.6 is 0 Å². The van der Waals surface area contributed by atoms with Gasteiger partial charge in [0, 0.05) is 31.0 Å². The molecule has 0 bridgehead atoms. The van der Waals surface area contributed by atoms with Gasteiger partial charge in [-0.15, -0.1) is 0 Å². The molecule has 3 nitrogen and oxygen atoms in total. The second-order valence-electron chi connectivity index (χ2n) is 5.02. The van der Waals surface area contributed by atoms with Gasteiger partial charge in [-0.3, -0.25) is 9.88 Å². The summed E-state index contributed by atoms with van der Waals surface area (Å²) in [7, 11) is 0. The number of aryl methyl sites for hydroxylation is 1. The van der Waals surface area contributed by atoms with Gasteiger partial charge >= 0.3 is 0 Å². The van der Waals surface area contributed by atoms with Crippen molar-refractivity contribution in [2.24, 2.45) is 11.7 Å². The van der Waals surface area contributed by atoms with Crippen molar-refractivity contribution in [2.75, 3.05) is 19.6 Å². The largest absolute Gasteiger partial charge is 0.329 e. The van der Waals surface area contributed by atoms with E-state index in [0.29, 0.717) is 12.6 Å². The molecule has 17 heavy (non-hydrogen) atoms. The van der Waals surface area contributed by atoms with Crippen LogP contribution in [0.4, 0.5) is 0 Å². The molecule has 1 aliphatic rings. The highest BCUT2D eigenvalue weighted by atomic mass is 15.2. The van der Waals surface area contributed by atoms with Crippen molar-refractivity contribution in [1.29, 1.82) is 0 Å². The van der Waals surface area contributed by atoms with E-state index < -0.39 is 0 Å². The van der Waals surface area contributed by atoms with E-state index in [4.69, 9.17) is 5.73 Å². The first-order valence-electron chi connectivity index (χ1n) is 6.61. The summed E-state index contributed by atoms with van der Waals surface area (Å²) in [6, 6.07) is 4.56. The van der Waals surface area contributed by atoms with Crippen LogP contribution in [-0.4, -0.2) is 29.5 Å². The van der Waals surface area contributed by atoms with Crippen molar-refractivity contribution in [1.82, 2.24) is 9.88 Å². The van der Waals surface area contributed by atoms with E-state index in [1.54, 1.807) is 0 Å². The number of pyridine rings is 1. The number of nitrogens with two attached hydrogens (primary N) is 1. The monoisotopic (exact) mass is 233 g/mol. The lowest BCUT2D eigenvalue weighted by Gasteiger charge is -2.30. The molecule has 1 fully saturated rings. The fraction of sp³-hybridized carbons (Fsp3) is 0.643. The van der Waals surface area contributed by atoms with E-state index in [9.17, 15) is 0 Å². The molecule has 1 unspecified atom stereocenters. The van der Waals surface area contributed by atoms with Crippen LogP contribution in [0.25, 0.3) is 0 Å². The average molecular weight is 233 g/mol. The highest BCUT2D eigenvalue weighted by Crippen LogP contribution is 2.32. The van der Waals surface area contributed by atoms with Crippen LogP contribution < -0.4 is 5.73 Å². The lowest BCUT2D eigenvalue weighted by molar-refractivity contribution is 0.203. The Balaban J connectivity index is 2.09. The maximum atomic E-state index is 5.95. The van der Waals surface area contributed by atoms with Gasteiger partial charge in [0.2, 0.25) is 0 Å². The summed E-state index contributed by atoms with van der Waals surface area (Å²) in [5.41, 5.74) is 8.26. The predicted molar refractivity (Wildman–Crippen MR) is 70.7 cm³/mol. The van der Waals surface area contributed by atoms with E-state index in [1.165, 1.54) is 24.9 Å². The molecule has 1 heterocycles. The van der Waals surface area contributed by atoms with Crippen LogP contribution in [-0.2, 0) is 0 Å². The van der Waals surface area contributed by atoms with Gasteiger partial charge < -0.3 is 5.73 Å². The fourth-order valence-electron chi connectivity index (χ4n) is 2.28. The Morgan fingerprint density at radius 3 is 2.71 bits per heavy atom. The van der Waals surface area contributed by atoms with Crippen molar-refractivity contribution in [3.63, 3.8) is 0 Å². The van der Waals surface area contributed by atoms with Crippen molar-refractivity contribution < 1.29 is 0 Å². The van der Waals surface area contributed by atoms with Gasteiger partial charge in [-0.2, -0.15) is 0 Å². The first-order valence-corrected chi connectivity index (χ1v) is 6.61. The summed E-state index contributed by atoms with van der Waals surface area (Å²) in [4.78, 5) is 6.87. The third-order valence-corrected chi connectivity index (χ3v) is 3.58. The van der Waals surface area contributed by atoms with Crippen LogP contribution in [0.2, 0.25) is 0 Å². The molecule has 1 aliphatic carbocycles. The lowest BCUT2D eigenvalue weighted by atomic mass is 10.1. The smallest absolute Gasteiger partial charge is 0.0485 e. The second-order valence-corrected chi connectivity index (χ2v) is 5.02. The molecule has 0 radical (unpaired) electrons. The molecule has 1 saturated carbocycles. The highest BCUT2D eigenvalue weighted by molar-refractivity contribution is 5.18. The Hall–Kier alpha value is -0.930. The van der Waals surface area contributed by atoms with Gasteiger partial charge in [-0.25, -0.2) is 0 Å². The third kappa shape index (κ3) is 3.27. The summed E-state index contributed by atoms with van der Waals surface area (Å²) in [6.45, 7) is 7.15. The number of hydrogen-bond acceptors (Lipinski definition) is 3. The molecule has 94 valence electrons. The molecule has 1 aromatic heterocycles. The SMILES string of the molecule is CCN(CC1CC1)C(CN)c1ccc(C)nc1. The molecular formula is C14H23N3. The summed E-state index contributed by atoms with van der Waals surface area (Å²) in [5, 5.41) is 0. The van der Waals surface area contributed by atoms with Crippen LogP contribution in [0.15, 0.2) is 18.3 Å². The van der Waals surface area contributed by atoms with E-state index >= 15 is 0 Å². The molecule has 0 amide bonds. The molecule has 0 aliphatic heterocycles. The maximum absolute atomic E-state index is 5.95. The van der Waals surface area contributed by atoms with Gasteiger partial charge in [0.1, 0.15) is 0 Å². The fourth-order valence-corrected chi connectivity index (χ4v) is 2.28. The van der Waals surface area contributed by atoms with Crippen molar-refractivity contribution in [2.45, 2.75) is 32.7 Å². The zero-order valence-corrected chi connectivity index (χ0v) is 10.9. The number of rotatable bonds is 6. The zero-order valence-electron chi connectivity index (χ0n) is 10.9. The van der Waals surface area contributed by atoms with Crippen LogP contribution in [0, 0.1) is 12.8 Å². The lowest BCUT2D eigenvalue weighted by Crippen LogP contribution is -2.35. The van der Waals surface area contributed by atoms with Crippen molar-refractivity contribution in [3.8, 4) is 0 Å². The molecule has 0 aromatic carbocycles. The van der Waals surface area contributed by atoms with E-state index in [2.05, 4.69) is 28.9 Å². The van der Waals surface area contributed by atoms with Gasteiger partial charge in [0.25, 0.3) is 0 Å². The zero-order chi connectivity index (χ0) is 12.3.